The topological polar surface area (TPSA) is 65.8 Å². The van der Waals surface area contributed by atoms with Gasteiger partial charge in [0.05, 0.1) is 20.3 Å². The second-order valence-corrected chi connectivity index (χ2v) is 10.0. The summed E-state index contributed by atoms with van der Waals surface area (Å²) in [6.07, 6.45) is 0. The van der Waals surface area contributed by atoms with Gasteiger partial charge < -0.3 is 19.3 Å². The first-order valence-corrected chi connectivity index (χ1v) is 13.2. The summed E-state index contributed by atoms with van der Waals surface area (Å²) in [6, 6.07) is 32.3. The number of hydrogen-bond donors (Lipinski definition) is 0. The zero-order chi connectivity index (χ0) is 27.4. The molecule has 0 N–H and O–H groups in total. The number of fused-ring (bicyclic) bond motifs is 1. The average Bonchev–Trinajstić information content (AvgIpc) is 3.01. The quantitative estimate of drug-likeness (QED) is 0.306. The molecule has 1 saturated heterocycles. The highest BCUT2D eigenvalue weighted by Crippen LogP contribution is 2.47. The van der Waals surface area contributed by atoms with E-state index in [0.717, 1.165) is 33.3 Å². The number of methoxy groups -OCH3 is 2. The molecule has 1 aliphatic rings. The Kier molecular flexibility index (Phi) is 7.42. The van der Waals surface area contributed by atoms with Gasteiger partial charge in [-0.15, -0.1) is 0 Å². The molecule has 2 unspecified atom stereocenters. The number of ether oxygens (including phenoxy) is 2. The SMILES string of the molecule is COc1cccc(N2CCN(C(=O)C(C)(C#N)C(c3ccccc3OC)c3cccc4ccccc34)CC2)c1. The Hall–Kier alpha value is -4.50. The highest BCUT2D eigenvalue weighted by Gasteiger charge is 2.47. The van der Waals surface area contributed by atoms with E-state index in [1.807, 2.05) is 71.6 Å². The molecule has 1 aliphatic heterocycles. The molecule has 39 heavy (non-hydrogen) atoms. The number of piperazine rings is 1. The van der Waals surface area contributed by atoms with Gasteiger partial charge in [-0.2, -0.15) is 5.26 Å². The fourth-order valence-corrected chi connectivity index (χ4v) is 5.74. The third-order valence-corrected chi connectivity index (χ3v) is 7.82. The molecule has 0 aromatic heterocycles. The van der Waals surface area contributed by atoms with Crippen molar-refractivity contribution in [1.29, 1.82) is 5.26 Å². The predicted molar refractivity (Wildman–Crippen MR) is 154 cm³/mol. The summed E-state index contributed by atoms with van der Waals surface area (Å²) >= 11 is 0. The number of hydrogen-bond acceptors (Lipinski definition) is 5. The Labute approximate surface area is 230 Å². The number of nitrogens with zero attached hydrogens (tertiary/aromatic N) is 3. The van der Waals surface area contributed by atoms with E-state index in [9.17, 15) is 10.1 Å². The number of nitriles is 1. The van der Waals surface area contributed by atoms with E-state index in [-0.39, 0.29) is 5.91 Å². The van der Waals surface area contributed by atoms with Crippen molar-refractivity contribution in [3.63, 3.8) is 0 Å². The van der Waals surface area contributed by atoms with Gasteiger partial charge in [0.2, 0.25) is 5.91 Å². The van der Waals surface area contributed by atoms with E-state index in [2.05, 4.69) is 35.2 Å². The molecule has 5 rings (SSSR count). The molecule has 0 aliphatic carbocycles. The van der Waals surface area contributed by atoms with E-state index in [4.69, 9.17) is 9.47 Å². The fourth-order valence-electron chi connectivity index (χ4n) is 5.74. The molecule has 198 valence electrons. The number of carbonyl (C=O) groups excluding carboxylic acids is 1. The maximum atomic E-state index is 14.3. The summed E-state index contributed by atoms with van der Waals surface area (Å²) in [5, 5.41) is 12.8. The van der Waals surface area contributed by atoms with Crippen molar-refractivity contribution in [2.24, 2.45) is 5.41 Å². The molecule has 0 spiro atoms. The molecule has 1 fully saturated rings. The van der Waals surface area contributed by atoms with Gasteiger partial charge in [-0.05, 0) is 41.5 Å². The first-order valence-electron chi connectivity index (χ1n) is 13.2. The maximum absolute atomic E-state index is 14.3. The minimum Gasteiger partial charge on any atom is -0.497 e. The lowest BCUT2D eigenvalue weighted by Crippen LogP contribution is -2.53. The van der Waals surface area contributed by atoms with Crippen LogP contribution < -0.4 is 14.4 Å². The van der Waals surface area contributed by atoms with Crippen LogP contribution in [0.5, 0.6) is 11.5 Å². The van der Waals surface area contributed by atoms with Crippen LogP contribution in [0.1, 0.15) is 24.0 Å². The lowest BCUT2D eigenvalue weighted by molar-refractivity contribution is -0.139. The van der Waals surface area contributed by atoms with E-state index >= 15 is 0 Å². The van der Waals surface area contributed by atoms with Crippen LogP contribution in [-0.2, 0) is 4.79 Å². The van der Waals surface area contributed by atoms with Crippen molar-refractivity contribution in [3.05, 3.63) is 102 Å². The minimum atomic E-state index is -1.36. The van der Waals surface area contributed by atoms with Crippen molar-refractivity contribution in [2.45, 2.75) is 12.8 Å². The molecule has 6 heteroatoms. The number of rotatable bonds is 7. The number of benzene rings is 4. The van der Waals surface area contributed by atoms with Crippen LogP contribution in [0.3, 0.4) is 0 Å². The van der Waals surface area contributed by atoms with Crippen LogP contribution >= 0.6 is 0 Å². The Morgan fingerprint density at radius 2 is 1.51 bits per heavy atom. The molecule has 1 heterocycles. The highest BCUT2D eigenvalue weighted by atomic mass is 16.5. The molecule has 4 aromatic carbocycles. The Morgan fingerprint density at radius 1 is 0.846 bits per heavy atom. The standard InChI is InChI=1S/C33H33N3O3/c1-33(23-34,32(37)36-20-18-35(19-21-36)25-12-9-13-26(22-25)38-2)31(29-15-6-7-17-30(29)39-3)28-16-8-11-24-10-4-5-14-27(24)28/h4-17,22,31H,18-21H2,1-3H3. The molecule has 0 radical (unpaired) electrons. The van der Waals surface area contributed by atoms with Crippen LogP contribution in [0.15, 0.2) is 91.0 Å². The molecule has 0 bridgehead atoms. The van der Waals surface area contributed by atoms with Gasteiger partial charge in [0.15, 0.2) is 0 Å². The Balaban J connectivity index is 1.52. The third kappa shape index (κ3) is 4.88. The lowest BCUT2D eigenvalue weighted by atomic mass is 9.68. The number of carbonyl (C=O) groups is 1. The first kappa shape index (κ1) is 26.1. The maximum Gasteiger partial charge on any atom is 0.243 e. The molecular formula is C33H33N3O3. The van der Waals surface area contributed by atoms with E-state index in [1.54, 1.807) is 21.1 Å². The van der Waals surface area contributed by atoms with Crippen molar-refractivity contribution >= 4 is 22.4 Å². The zero-order valence-electron chi connectivity index (χ0n) is 22.6. The van der Waals surface area contributed by atoms with Gasteiger partial charge >= 0.3 is 0 Å². The van der Waals surface area contributed by atoms with Crippen molar-refractivity contribution in [3.8, 4) is 17.6 Å². The molecule has 1 amide bonds. The summed E-state index contributed by atoms with van der Waals surface area (Å²) in [5.74, 6) is 0.762. The molecular weight excluding hydrogens is 486 g/mol. The van der Waals surface area contributed by atoms with Gasteiger partial charge in [-0.1, -0.05) is 66.7 Å². The summed E-state index contributed by atoms with van der Waals surface area (Å²) in [6.45, 7) is 4.19. The lowest BCUT2D eigenvalue weighted by Gasteiger charge is -2.41. The van der Waals surface area contributed by atoms with Gasteiger partial charge in [-0.25, -0.2) is 0 Å². The van der Waals surface area contributed by atoms with Crippen LogP contribution in [0.25, 0.3) is 10.8 Å². The summed E-state index contributed by atoms with van der Waals surface area (Å²) in [7, 11) is 3.29. The van der Waals surface area contributed by atoms with Gasteiger partial charge in [0, 0.05) is 49.4 Å². The van der Waals surface area contributed by atoms with Crippen LogP contribution in [0, 0.1) is 16.7 Å². The van der Waals surface area contributed by atoms with Crippen LogP contribution in [0.2, 0.25) is 0 Å². The van der Waals surface area contributed by atoms with Crippen molar-refractivity contribution in [1.82, 2.24) is 4.90 Å². The predicted octanol–water partition coefficient (Wildman–Crippen LogP) is 5.87. The van der Waals surface area contributed by atoms with E-state index < -0.39 is 11.3 Å². The number of anilines is 1. The Morgan fingerprint density at radius 3 is 2.26 bits per heavy atom. The summed E-state index contributed by atoms with van der Waals surface area (Å²) in [5.41, 5.74) is 1.46. The second-order valence-electron chi connectivity index (χ2n) is 10.0. The monoisotopic (exact) mass is 519 g/mol. The average molecular weight is 520 g/mol. The zero-order valence-corrected chi connectivity index (χ0v) is 22.6. The molecule has 2 atom stereocenters. The third-order valence-electron chi connectivity index (χ3n) is 7.82. The Bertz CT molecular complexity index is 1510. The normalized spacial score (nSPS) is 15.7. The summed E-state index contributed by atoms with van der Waals surface area (Å²) < 4.78 is 11.1. The fraction of sp³-hybridized carbons (Fsp3) is 0.273. The molecule has 6 nitrogen and oxygen atoms in total. The highest BCUT2D eigenvalue weighted by molar-refractivity contribution is 5.91. The second kappa shape index (κ2) is 11.1. The minimum absolute atomic E-state index is 0.167. The number of amides is 1. The van der Waals surface area contributed by atoms with E-state index in [0.29, 0.717) is 31.9 Å². The number of para-hydroxylation sites is 1. The van der Waals surface area contributed by atoms with Gasteiger partial charge in [-0.3, -0.25) is 4.79 Å². The van der Waals surface area contributed by atoms with Crippen LogP contribution in [-0.4, -0.2) is 51.2 Å². The van der Waals surface area contributed by atoms with Gasteiger partial charge in [0.25, 0.3) is 0 Å². The largest absolute Gasteiger partial charge is 0.497 e. The van der Waals surface area contributed by atoms with Gasteiger partial charge in [0.1, 0.15) is 16.9 Å². The van der Waals surface area contributed by atoms with Crippen molar-refractivity contribution < 1.29 is 14.3 Å². The van der Waals surface area contributed by atoms with Crippen LogP contribution in [0.4, 0.5) is 5.69 Å². The first-order chi connectivity index (χ1) is 19.0. The van der Waals surface area contributed by atoms with E-state index in [1.165, 1.54) is 0 Å². The van der Waals surface area contributed by atoms with Crippen molar-refractivity contribution in [2.75, 3.05) is 45.3 Å². The molecule has 4 aromatic rings. The summed E-state index contributed by atoms with van der Waals surface area (Å²) in [4.78, 5) is 18.4. The molecule has 0 saturated carbocycles. The smallest absolute Gasteiger partial charge is 0.243 e.